The van der Waals surface area contributed by atoms with E-state index in [4.69, 9.17) is 0 Å². The second-order valence-electron chi connectivity index (χ2n) is 3.31. The van der Waals surface area contributed by atoms with Gasteiger partial charge in [0.2, 0.25) is 0 Å². The normalized spacial score (nSPS) is 16.2. The van der Waals surface area contributed by atoms with Crippen LogP contribution < -0.4 is 0 Å². The zero-order chi connectivity index (χ0) is 9.42. The summed E-state index contributed by atoms with van der Waals surface area (Å²) < 4.78 is 1.77. The summed E-state index contributed by atoms with van der Waals surface area (Å²) in [5.41, 5.74) is 1.86. The smallest absolute Gasteiger partial charge is 0.272 e. The third-order valence-corrected chi connectivity index (χ3v) is 2.48. The van der Waals surface area contributed by atoms with E-state index in [1.54, 1.807) is 9.58 Å². The Morgan fingerprint density at radius 3 is 3.08 bits per heavy atom. The molecule has 0 fully saturated rings. The predicted octanol–water partition coefficient (Wildman–Crippen LogP) is 0.531. The monoisotopic (exact) mass is 179 g/mol. The van der Waals surface area contributed by atoms with Crippen molar-refractivity contribution in [3.05, 3.63) is 17.5 Å². The molecule has 2 rings (SSSR count). The standard InChI is InChI=1S/C9H13N3O/c1-3-12-8-7(6-10-12)4-5-11(2)9(8)13/h6H,3-5H2,1-2H3. The van der Waals surface area contributed by atoms with Gasteiger partial charge >= 0.3 is 0 Å². The Bertz CT molecular complexity index is 329. The first-order valence-electron chi connectivity index (χ1n) is 4.54. The number of aryl methyl sites for hydroxylation is 1. The molecule has 0 saturated carbocycles. The molecule has 0 spiro atoms. The summed E-state index contributed by atoms with van der Waals surface area (Å²) in [4.78, 5) is 13.5. The van der Waals surface area contributed by atoms with Crippen molar-refractivity contribution in [2.45, 2.75) is 19.9 Å². The van der Waals surface area contributed by atoms with Crippen molar-refractivity contribution >= 4 is 5.91 Å². The molecule has 4 heteroatoms. The highest BCUT2D eigenvalue weighted by molar-refractivity contribution is 5.94. The Balaban J connectivity index is 2.49. The van der Waals surface area contributed by atoms with E-state index in [1.165, 1.54) is 0 Å². The summed E-state index contributed by atoms with van der Waals surface area (Å²) in [7, 11) is 1.83. The number of hydrogen-bond acceptors (Lipinski definition) is 2. The molecule has 1 aromatic heterocycles. The van der Waals surface area contributed by atoms with E-state index in [1.807, 2.05) is 20.2 Å². The van der Waals surface area contributed by atoms with Crippen molar-refractivity contribution in [3.63, 3.8) is 0 Å². The molecule has 0 atom stereocenters. The van der Waals surface area contributed by atoms with Gasteiger partial charge in [0.15, 0.2) is 0 Å². The van der Waals surface area contributed by atoms with Crippen molar-refractivity contribution in [1.29, 1.82) is 0 Å². The highest BCUT2D eigenvalue weighted by Crippen LogP contribution is 2.17. The first-order chi connectivity index (χ1) is 6.24. The van der Waals surface area contributed by atoms with E-state index >= 15 is 0 Å². The third kappa shape index (κ3) is 1.13. The highest BCUT2D eigenvalue weighted by atomic mass is 16.2. The topological polar surface area (TPSA) is 38.1 Å². The van der Waals surface area contributed by atoms with Crippen molar-refractivity contribution in [3.8, 4) is 0 Å². The summed E-state index contributed by atoms with van der Waals surface area (Å²) >= 11 is 0. The summed E-state index contributed by atoms with van der Waals surface area (Å²) in [5, 5.41) is 4.17. The zero-order valence-corrected chi connectivity index (χ0v) is 7.95. The Kier molecular flexibility index (Phi) is 1.83. The molecule has 0 N–H and O–H groups in total. The second-order valence-corrected chi connectivity index (χ2v) is 3.31. The van der Waals surface area contributed by atoms with Crippen LogP contribution in [0.2, 0.25) is 0 Å². The van der Waals surface area contributed by atoms with Crippen LogP contribution in [0.4, 0.5) is 0 Å². The third-order valence-electron chi connectivity index (χ3n) is 2.48. The number of rotatable bonds is 1. The lowest BCUT2D eigenvalue weighted by Crippen LogP contribution is -2.35. The van der Waals surface area contributed by atoms with Gasteiger partial charge in [0, 0.05) is 25.7 Å². The van der Waals surface area contributed by atoms with Crippen LogP contribution in [0, 0.1) is 0 Å². The van der Waals surface area contributed by atoms with E-state index in [-0.39, 0.29) is 5.91 Å². The fourth-order valence-electron chi connectivity index (χ4n) is 1.66. The average Bonchev–Trinajstić information content (AvgIpc) is 2.55. The molecule has 0 saturated heterocycles. The summed E-state index contributed by atoms with van der Waals surface area (Å²) in [6.07, 6.45) is 2.74. The number of carbonyl (C=O) groups is 1. The number of carbonyl (C=O) groups excluding carboxylic acids is 1. The maximum absolute atomic E-state index is 11.7. The van der Waals surface area contributed by atoms with Crippen LogP contribution in [0.3, 0.4) is 0 Å². The van der Waals surface area contributed by atoms with Gasteiger partial charge in [-0.3, -0.25) is 9.48 Å². The number of likely N-dealkylation sites (N-methyl/N-ethyl adjacent to an activating group) is 1. The molecular weight excluding hydrogens is 166 g/mol. The first-order valence-corrected chi connectivity index (χ1v) is 4.54. The van der Waals surface area contributed by atoms with Crippen molar-refractivity contribution in [1.82, 2.24) is 14.7 Å². The van der Waals surface area contributed by atoms with Gasteiger partial charge in [0.05, 0.1) is 6.20 Å². The molecule has 4 nitrogen and oxygen atoms in total. The van der Waals surface area contributed by atoms with Gasteiger partial charge in [-0.25, -0.2) is 0 Å². The number of aromatic nitrogens is 2. The van der Waals surface area contributed by atoms with E-state index in [9.17, 15) is 4.79 Å². The van der Waals surface area contributed by atoms with E-state index in [0.717, 1.165) is 30.8 Å². The molecule has 0 radical (unpaired) electrons. The van der Waals surface area contributed by atoms with Gasteiger partial charge in [-0.05, 0) is 13.3 Å². The molecule has 1 aliphatic rings. The highest BCUT2D eigenvalue weighted by Gasteiger charge is 2.25. The van der Waals surface area contributed by atoms with Crippen LogP contribution in [0.25, 0.3) is 0 Å². The van der Waals surface area contributed by atoms with E-state index in [0.29, 0.717) is 0 Å². The van der Waals surface area contributed by atoms with Crippen molar-refractivity contribution in [2.75, 3.05) is 13.6 Å². The van der Waals surface area contributed by atoms with Gasteiger partial charge < -0.3 is 4.90 Å². The van der Waals surface area contributed by atoms with Crippen LogP contribution in [0.15, 0.2) is 6.20 Å². The molecule has 0 unspecified atom stereocenters. The minimum Gasteiger partial charge on any atom is -0.340 e. The summed E-state index contributed by atoms with van der Waals surface area (Å²) in [5.74, 6) is 0.0978. The second kappa shape index (κ2) is 2.87. The molecule has 2 heterocycles. The molecular formula is C9H13N3O. The Hall–Kier alpha value is -1.32. The molecule has 70 valence electrons. The van der Waals surface area contributed by atoms with Crippen LogP contribution in [-0.4, -0.2) is 34.2 Å². The average molecular weight is 179 g/mol. The van der Waals surface area contributed by atoms with Gasteiger partial charge in [-0.1, -0.05) is 0 Å². The van der Waals surface area contributed by atoms with Gasteiger partial charge in [-0.15, -0.1) is 0 Å². The van der Waals surface area contributed by atoms with Gasteiger partial charge in [-0.2, -0.15) is 5.10 Å². The molecule has 1 aliphatic heterocycles. The maximum atomic E-state index is 11.7. The number of hydrogen-bond donors (Lipinski definition) is 0. The lowest BCUT2D eigenvalue weighted by molar-refractivity contribution is 0.0768. The van der Waals surface area contributed by atoms with Gasteiger partial charge in [0.25, 0.3) is 5.91 Å². The Morgan fingerprint density at radius 2 is 2.38 bits per heavy atom. The van der Waals surface area contributed by atoms with E-state index in [2.05, 4.69) is 5.10 Å². The zero-order valence-electron chi connectivity index (χ0n) is 7.95. The fraction of sp³-hybridized carbons (Fsp3) is 0.556. The SMILES string of the molecule is CCn1ncc2c1C(=O)N(C)CC2. The summed E-state index contributed by atoms with van der Waals surface area (Å²) in [6, 6.07) is 0. The molecule has 1 aromatic rings. The number of fused-ring (bicyclic) bond motifs is 1. The van der Waals surface area contributed by atoms with Gasteiger partial charge in [0.1, 0.15) is 5.69 Å². The molecule has 0 aliphatic carbocycles. The lowest BCUT2D eigenvalue weighted by Gasteiger charge is -2.22. The van der Waals surface area contributed by atoms with Crippen LogP contribution in [-0.2, 0) is 13.0 Å². The van der Waals surface area contributed by atoms with Crippen molar-refractivity contribution in [2.24, 2.45) is 0 Å². The summed E-state index contributed by atoms with van der Waals surface area (Å²) in [6.45, 7) is 3.56. The Labute approximate surface area is 77.1 Å². The fourth-order valence-corrected chi connectivity index (χ4v) is 1.66. The Morgan fingerprint density at radius 1 is 1.62 bits per heavy atom. The lowest BCUT2D eigenvalue weighted by atomic mass is 10.1. The van der Waals surface area contributed by atoms with Crippen LogP contribution in [0.1, 0.15) is 23.0 Å². The van der Waals surface area contributed by atoms with E-state index < -0.39 is 0 Å². The molecule has 13 heavy (non-hydrogen) atoms. The molecule has 0 bridgehead atoms. The minimum atomic E-state index is 0.0978. The molecule has 0 aromatic carbocycles. The minimum absolute atomic E-state index is 0.0978. The molecule has 1 amide bonds. The van der Waals surface area contributed by atoms with Crippen LogP contribution >= 0.6 is 0 Å². The quantitative estimate of drug-likeness (QED) is 0.630. The van der Waals surface area contributed by atoms with Crippen molar-refractivity contribution < 1.29 is 4.79 Å². The van der Waals surface area contributed by atoms with Crippen LogP contribution in [0.5, 0.6) is 0 Å². The first kappa shape index (κ1) is 8.29. The number of amides is 1. The predicted molar refractivity (Wildman–Crippen MR) is 48.6 cm³/mol. The number of nitrogens with zero attached hydrogens (tertiary/aromatic N) is 3. The maximum Gasteiger partial charge on any atom is 0.272 e. The largest absolute Gasteiger partial charge is 0.340 e.